The standard InChI is InChI=1S/C14H18F4O2/c15-6-11(14(16,17)18)20-13(19)12-9-2-7-1-8(4-9)5-10(12)3-7/h7-12H,1-6H2. The van der Waals surface area contributed by atoms with E-state index in [0.717, 1.165) is 25.7 Å². The lowest BCUT2D eigenvalue weighted by Crippen LogP contribution is -2.50. The topological polar surface area (TPSA) is 26.3 Å². The Labute approximate surface area is 114 Å². The first-order valence-electron chi connectivity index (χ1n) is 7.21. The molecule has 0 spiro atoms. The lowest BCUT2D eigenvalue weighted by Gasteiger charge is -2.53. The van der Waals surface area contributed by atoms with Gasteiger partial charge in [-0.05, 0) is 55.8 Å². The smallest absolute Gasteiger partial charge is 0.428 e. The van der Waals surface area contributed by atoms with Gasteiger partial charge in [0.2, 0.25) is 6.10 Å². The molecule has 6 heteroatoms. The van der Waals surface area contributed by atoms with Gasteiger partial charge in [0, 0.05) is 0 Å². The number of halogens is 4. The predicted molar refractivity (Wildman–Crippen MR) is 62.4 cm³/mol. The van der Waals surface area contributed by atoms with E-state index in [4.69, 9.17) is 0 Å². The maximum absolute atomic E-state index is 12.5. The second kappa shape index (κ2) is 4.88. The van der Waals surface area contributed by atoms with Gasteiger partial charge in [0.1, 0.15) is 6.67 Å². The van der Waals surface area contributed by atoms with E-state index < -0.39 is 30.8 Å². The molecule has 0 aromatic carbocycles. The van der Waals surface area contributed by atoms with Crippen LogP contribution in [-0.2, 0) is 9.53 Å². The van der Waals surface area contributed by atoms with Gasteiger partial charge in [-0.15, -0.1) is 0 Å². The van der Waals surface area contributed by atoms with Gasteiger partial charge in [-0.25, -0.2) is 4.39 Å². The normalized spacial score (nSPS) is 40.7. The molecular formula is C14H18F4O2. The van der Waals surface area contributed by atoms with E-state index >= 15 is 0 Å². The summed E-state index contributed by atoms with van der Waals surface area (Å²) in [7, 11) is 0. The first-order chi connectivity index (χ1) is 9.38. The molecule has 1 atom stereocenters. The van der Waals surface area contributed by atoms with E-state index in [-0.39, 0.29) is 11.8 Å². The second-order valence-corrected chi connectivity index (χ2v) is 6.58. The Morgan fingerprint density at radius 1 is 1.05 bits per heavy atom. The summed E-state index contributed by atoms with van der Waals surface area (Å²) < 4.78 is 54.4. The van der Waals surface area contributed by atoms with Gasteiger partial charge in [0.25, 0.3) is 0 Å². The van der Waals surface area contributed by atoms with Crippen LogP contribution in [-0.4, -0.2) is 24.9 Å². The lowest BCUT2D eigenvalue weighted by molar-refractivity contribution is -0.230. The van der Waals surface area contributed by atoms with E-state index in [9.17, 15) is 22.4 Å². The maximum atomic E-state index is 12.5. The van der Waals surface area contributed by atoms with Crippen molar-refractivity contribution in [1.82, 2.24) is 0 Å². The number of hydrogen-bond acceptors (Lipinski definition) is 2. The highest BCUT2D eigenvalue weighted by atomic mass is 19.4. The SMILES string of the molecule is O=C(OC(CF)C(F)(F)F)C1C2CC3CC(C2)CC1C3. The number of carbonyl (C=O) groups excluding carboxylic acids is 1. The van der Waals surface area contributed by atoms with Crippen molar-refractivity contribution < 1.29 is 27.1 Å². The van der Waals surface area contributed by atoms with E-state index in [0.29, 0.717) is 11.8 Å². The largest absolute Gasteiger partial charge is 0.450 e. The van der Waals surface area contributed by atoms with Crippen LogP contribution >= 0.6 is 0 Å². The summed E-state index contributed by atoms with van der Waals surface area (Å²) in [4.78, 5) is 12.1. The van der Waals surface area contributed by atoms with E-state index in [2.05, 4.69) is 4.74 Å². The third-order valence-corrected chi connectivity index (χ3v) is 5.26. The average molecular weight is 294 g/mol. The van der Waals surface area contributed by atoms with Gasteiger partial charge in [-0.3, -0.25) is 4.79 Å². The molecule has 4 saturated carbocycles. The van der Waals surface area contributed by atoms with Crippen molar-refractivity contribution >= 4 is 5.97 Å². The molecule has 0 radical (unpaired) electrons. The van der Waals surface area contributed by atoms with Crippen molar-refractivity contribution in [1.29, 1.82) is 0 Å². The van der Waals surface area contributed by atoms with Crippen LogP contribution in [0.25, 0.3) is 0 Å². The summed E-state index contributed by atoms with van der Waals surface area (Å²) in [6, 6.07) is 0. The highest BCUT2D eigenvalue weighted by Gasteiger charge is 2.53. The molecule has 1 unspecified atom stereocenters. The van der Waals surface area contributed by atoms with Crippen LogP contribution in [0.3, 0.4) is 0 Å². The van der Waals surface area contributed by atoms with Crippen LogP contribution in [0.15, 0.2) is 0 Å². The maximum Gasteiger partial charge on any atom is 0.428 e. The Balaban J connectivity index is 1.68. The molecule has 0 aromatic rings. The average Bonchev–Trinajstić information content (AvgIpc) is 2.33. The number of alkyl halides is 4. The Hall–Kier alpha value is -0.810. The summed E-state index contributed by atoms with van der Waals surface area (Å²) in [5.41, 5.74) is 0. The van der Waals surface area contributed by atoms with Crippen LogP contribution < -0.4 is 0 Å². The van der Waals surface area contributed by atoms with Gasteiger partial charge in [-0.1, -0.05) is 0 Å². The molecule has 20 heavy (non-hydrogen) atoms. The lowest BCUT2D eigenvalue weighted by atomic mass is 9.52. The minimum Gasteiger partial charge on any atom is -0.450 e. The fraction of sp³-hybridized carbons (Fsp3) is 0.929. The Kier molecular flexibility index (Phi) is 3.45. The zero-order valence-corrected chi connectivity index (χ0v) is 11.0. The number of esters is 1. The van der Waals surface area contributed by atoms with Crippen molar-refractivity contribution in [2.24, 2.45) is 29.6 Å². The molecule has 4 aliphatic carbocycles. The van der Waals surface area contributed by atoms with E-state index in [1.807, 2.05) is 0 Å². The molecule has 0 amide bonds. The van der Waals surface area contributed by atoms with Gasteiger partial charge in [-0.2, -0.15) is 13.2 Å². The van der Waals surface area contributed by atoms with Gasteiger partial charge in [0.15, 0.2) is 0 Å². The van der Waals surface area contributed by atoms with Crippen LogP contribution in [0.5, 0.6) is 0 Å². The van der Waals surface area contributed by atoms with Crippen molar-refractivity contribution in [2.75, 3.05) is 6.67 Å². The quantitative estimate of drug-likeness (QED) is 0.588. The van der Waals surface area contributed by atoms with Crippen LogP contribution in [0.1, 0.15) is 32.1 Å². The van der Waals surface area contributed by atoms with E-state index in [1.54, 1.807) is 0 Å². The molecule has 0 aliphatic heterocycles. The molecule has 0 N–H and O–H groups in total. The molecule has 4 bridgehead atoms. The molecule has 4 rings (SSSR count). The first-order valence-corrected chi connectivity index (χ1v) is 7.21. The van der Waals surface area contributed by atoms with Crippen molar-refractivity contribution in [2.45, 2.75) is 44.4 Å². The fourth-order valence-corrected chi connectivity index (χ4v) is 4.71. The predicted octanol–water partition coefficient (Wildman–Crippen LogP) is 3.50. The van der Waals surface area contributed by atoms with Crippen molar-refractivity contribution in [3.05, 3.63) is 0 Å². The van der Waals surface area contributed by atoms with Crippen molar-refractivity contribution in [3.8, 4) is 0 Å². The Morgan fingerprint density at radius 3 is 1.95 bits per heavy atom. The number of carbonyl (C=O) groups is 1. The summed E-state index contributed by atoms with van der Waals surface area (Å²) in [5, 5.41) is 0. The molecule has 4 fully saturated rings. The van der Waals surface area contributed by atoms with Crippen LogP contribution in [0.2, 0.25) is 0 Å². The highest BCUT2D eigenvalue weighted by molar-refractivity contribution is 5.74. The van der Waals surface area contributed by atoms with Gasteiger partial charge < -0.3 is 4.74 Å². The zero-order valence-electron chi connectivity index (χ0n) is 11.0. The Bertz CT molecular complexity index is 365. The first kappa shape index (κ1) is 14.1. The minimum absolute atomic E-state index is 0.146. The molecule has 4 aliphatic rings. The highest BCUT2D eigenvalue weighted by Crippen LogP contribution is 2.56. The Morgan fingerprint density at radius 2 is 1.55 bits per heavy atom. The molecule has 0 heterocycles. The number of ether oxygens (including phenoxy) is 1. The number of hydrogen-bond donors (Lipinski definition) is 0. The van der Waals surface area contributed by atoms with Gasteiger partial charge in [0.05, 0.1) is 5.92 Å². The van der Waals surface area contributed by atoms with Gasteiger partial charge >= 0.3 is 12.1 Å². The van der Waals surface area contributed by atoms with Crippen LogP contribution in [0, 0.1) is 29.6 Å². The summed E-state index contributed by atoms with van der Waals surface area (Å²) >= 11 is 0. The molecule has 2 nitrogen and oxygen atoms in total. The zero-order chi connectivity index (χ0) is 14.5. The third kappa shape index (κ3) is 2.42. The molecule has 0 aromatic heterocycles. The summed E-state index contributed by atoms with van der Waals surface area (Å²) in [6.07, 6.45) is -2.57. The summed E-state index contributed by atoms with van der Waals surface area (Å²) in [5.74, 6) is 0.264. The molecule has 114 valence electrons. The van der Waals surface area contributed by atoms with E-state index in [1.165, 1.54) is 6.42 Å². The minimum atomic E-state index is -4.82. The molecular weight excluding hydrogens is 276 g/mol. The fourth-order valence-electron chi connectivity index (χ4n) is 4.71. The molecule has 0 saturated heterocycles. The summed E-state index contributed by atoms with van der Waals surface area (Å²) in [6.45, 7) is -1.71. The monoisotopic (exact) mass is 294 g/mol. The second-order valence-electron chi connectivity index (χ2n) is 6.58. The van der Waals surface area contributed by atoms with Crippen LogP contribution in [0.4, 0.5) is 17.6 Å². The third-order valence-electron chi connectivity index (χ3n) is 5.26. The van der Waals surface area contributed by atoms with Crippen molar-refractivity contribution in [3.63, 3.8) is 0 Å². The number of rotatable bonds is 3.